The van der Waals surface area contributed by atoms with E-state index in [-0.39, 0.29) is 17.6 Å². The van der Waals surface area contributed by atoms with Gasteiger partial charge in [0.1, 0.15) is 0 Å². The van der Waals surface area contributed by atoms with Gasteiger partial charge >= 0.3 is 0 Å². The molecular weight excluding hydrogens is 284 g/mol. The first-order chi connectivity index (χ1) is 9.11. The summed E-state index contributed by atoms with van der Waals surface area (Å²) in [5, 5.41) is 0. The van der Waals surface area contributed by atoms with Gasteiger partial charge in [-0.2, -0.15) is 0 Å². The number of benzene rings is 1. The third-order valence-electron chi connectivity index (χ3n) is 3.58. The van der Waals surface area contributed by atoms with Gasteiger partial charge in [-0.05, 0) is 23.8 Å². The van der Waals surface area contributed by atoms with Crippen LogP contribution in [0.25, 0.3) is 0 Å². The fourth-order valence-corrected chi connectivity index (χ4v) is 4.67. The van der Waals surface area contributed by atoms with Gasteiger partial charge in [-0.3, -0.25) is 0 Å². The van der Waals surface area contributed by atoms with Gasteiger partial charge in [0, 0.05) is 5.88 Å². The molecule has 1 aromatic carbocycles. The van der Waals surface area contributed by atoms with Gasteiger partial charge < -0.3 is 4.74 Å². The molecule has 0 aromatic heterocycles. The predicted molar refractivity (Wildman–Crippen MR) is 77.1 cm³/mol. The predicted octanol–water partition coefficient (Wildman–Crippen LogP) is 2.49. The monoisotopic (exact) mass is 302 g/mol. The minimum atomic E-state index is -2.84. The second-order valence-electron chi connectivity index (χ2n) is 5.08. The van der Waals surface area contributed by atoms with Crippen LogP contribution in [0.15, 0.2) is 30.3 Å². The Bertz CT molecular complexity index is 487. The summed E-state index contributed by atoms with van der Waals surface area (Å²) in [6.45, 7) is 1.08. The molecular formula is C14H19ClO3S. The zero-order chi connectivity index (χ0) is 13.7. The average molecular weight is 303 g/mol. The van der Waals surface area contributed by atoms with E-state index in [1.807, 2.05) is 30.3 Å². The molecule has 106 valence electrons. The lowest BCUT2D eigenvalue weighted by Crippen LogP contribution is -2.23. The highest BCUT2D eigenvalue weighted by atomic mass is 35.5. The first-order valence-electron chi connectivity index (χ1n) is 6.49. The molecule has 0 spiro atoms. The van der Waals surface area contributed by atoms with Crippen LogP contribution in [-0.2, 0) is 21.2 Å². The lowest BCUT2D eigenvalue weighted by atomic mass is 9.94. The highest BCUT2D eigenvalue weighted by Gasteiger charge is 2.33. The van der Waals surface area contributed by atoms with Gasteiger partial charge in [-0.1, -0.05) is 30.3 Å². The number of rotatable bonds is 6. The Hall–Kier alpha value is -0.580. The van der Waals surface area contributed by atoms with E-state index in [4.69, 9.17) is 16.3 Å². The van der Waals surface area contributed by atoms with E-state index in [0.29, 0.717) is 31.3 Å². The Morgan fingerprint density at radius 1 is 1.32 bits per heavy atom. The van der Waals surface area contributed by atoms with E-state index in [9.17, 15) is 8.42 Å². The third-order valence-corrected chi connectivity index (χ3v) is 5.77. The van der Waals surface area contributed by atoms with E-state index in [2.05, 4.69) is 0 Å². The highest BCUT2D eigenvalue weighted by molar-refractivity contribution is 7.91. The fourth-order valence-electron chi connectivity index (χ4n) is 2.40. The second kappa shape index (κ2) is 6.73. The Kier molecular flexibility index (Phi) is 5.25. The molecule has 2 unspecified atom stereocenters. The first kappa shape index (κ1) is 14.8. The van der Waals surface area contributed by atoms with E-state index in [0.717, 1.165) is 5.56 Å². The van der Waals surface area contributed by atoms with Crippen molar-refractivity contribution in [3.63, 3.8) is 0 Å². The Balaban J connectivity index is 1.80. The van der Waals surface area contributed by atoms with Crippen LogP contribution in [0.3, 0.4) is 0 Å². The third kappa shape index (κ3) is 4.48. The highest BCUT2D eigenvalue weighted by Crippen LogP contribution is 2.27. The van der Waals surface area contributed by atoms with Gasteiger partial charge in [-0.15, -0.1) is 11.6 Å². The summed E-state index contributed by atoms with van der Waals surface area (Å²) < 4.78 is 28.6. The van der Waals surface area contributed by atoms with Crippen molar-refractivity contribution in [3.05, 3.63) is 35.9 Å². The lowest BCUT2D eigenvalue weighted by molar-refractivity contribution is 0.0775. The summed E-state index contributed by atoms with van der Waals surface area (Å²) in [5.74, 6) is 1.29. The smallest absolute Gasteiger partial charge is 0.150 e. The Morgan fingerprint density at radius 2 is 2.05 bits per heavy atom. The maximum absolute atomic E-state index is 11.5. The van der Waals surface area contributed by atoms with Crippen molar-refractivity contribution >= 4 is 21.4 Å². The molecule has 1 saturated heterocycles. The maximum Gasteiger partial charge on any atom is 0.150 e. The van der Waals surface area contributed by atoms with E-state index in [1.54, 1.807) is 0 Å². The molecule has 2 rings (SSSR count). The number of ether oxygens (including phenoxy) is 1. The number of hydrogen-bond acceptors (Lipinski definition) is 3. The molecule has 0 bridgehead atoms. The van der Waals surface area contributed by atoms with Crippen LogP contribution >= 0.6 is 11.6 Å². The maximum atomic E-state index is 11.5. The molecule has 19 heavy (non-hydrogen) atoms. The molecule has 1 aliphatic heterocycles. The second-order valence-corrected chi connectivity index (χ2v) is 7.62. The standard InChI is InChI=1S/C14H19ClO3S/c15-8-14(13-6-7-19(16,17)11-13)10-18-9-12-4-2-1-3-5-12/h1-5,13-14H,6-11H2. The van der Waals surface area contributed by atoms with Crippen LogP contribution in [0.5, 0.6) is 0 Å². The number of hydrogen-bond donors (Lipinski definition) is 0. The molecule has 0 saturated carbocycles. The summed E-state index contributed by atoms with van der Waals surface area (Å²) in [4.78, 5) is 0. The minimum absolute atomic E-state index is 0.127. The largest absolute Gasteiger partial charge is 0.376 e. The molecule has 2 atom stereocenters. The molecule has 1 aliphatic rings. The number of halogens is 1. The van der Waals surface area contributed by atoms with Gasteiger partial charge in [0.2, 0.25) is 0 Å². The summed E-state index contributed by atoms with van der Waals surface area (Å²) in [6.07, 6.45) is 0.717. The number of alkyl halides is 1. The molecule has 0 amide bonds. The van der Waals surface area contributed by atoms with Crippen LogP contribution in [0.2, 0.25) is 0 Å². The van der Waals surface area contributed by atoms with E-state index in [1.165, 1.54) is 0 Å². The van der Waals surface area contributed by atoms with Crippen LogP contribution in [0.4, 0.5) is 0 Å². The van der Waals surface area contributed by atoms with Crippen molar-refractivity contribution in [2.75, 3.05) is 24.0 Å². The van der Waals surface area contributed by atoms with Gasteiger partial charge in [0.25, 0.3) is 0 Å². The zero-order valence-corrected chi connectivity index (χ0v) is 12.4. The van der Waals surface area contributed by atoms with Crippen molar-refractivity contribution in [3.8, 4) is 0 Å². The van der Waals surface area contributed by atoms with Crippen LogP contribution in [0.1, 0.15) is 12.0 Å². The van der Waals surface area contributed by atoms with Crippen molar-refractivity contribution in [1.82, 2.24) is 0 Å². The normalized spacial score (nSPS) is 23.3. The Labute approximate surface area is 119 Å². The summed E-state index contributed by atoms with van der Waals surface area (Å²) in [5.41, 5.74) is 1.12. The van der Waals surface area contributed by atoms with E-state index >= 15 is 0 Å². The molecule has 1 aromatic rings. The SMILES string of the molecule is O=S1(=O)CCC(C(CCl)COCc2ccccc2)C1. The minimum Gasteiger partial charge on any atom is -0.376 e. The first-order valence-corrected chi connectivity index (χ1v) is 8.84. The summed E-state index contributed by atoms with van der Waals surface area (Å²) in [7, 11) is -2.84. The van der Waals surface area contributed by atoms with Crippen LogP contribution in [-0.4, -0.2) is 32.4 Å². The number of sulfone groups is 1. The average Bonchev–Trinajstić information content (AvgIpc) is 2.76. The van der Waals surface area contributed by atoms with Crippen molar-refractivity contribution in [2.45, 2.75) is 13.0 Å². The fraction of sp³-hybridized carbons (Fsp3) is 0.571. The molecule has 1 heterocycles. The Morgan fingerprint density at radius 3 is 2.63 bits per heavy atom. The summed E-state index contributed by atoms with van der Waals surface area (Å²) in [6, 6.07) is 9.93. The molecule has 0 N–H and O–H groups in total. The quantitative estimate of drug-likeness (QED) is 0.758. The summed E-state index contributed by atoms with van der Waals surface area (Å²) >= 11 is 5.95. The zero-order valence-electron chi connectivity index (χ0n) is 10.8. The van der Waals surface area contributed by atoms with Gasteiger partial charge in [-0.25, -0.2) is 8.42 Å². The lowest BCUT2D eigenvalue weighted by Gasteiger charge is -2.19. The molecule has 3 nitrogen and oxygen atoms in total. The van der Waals surface area contributed by atoms with E-state index < -0.39 is 9.84 Å². The van der Waals surface area contributed by atoms with Crippen molar-refractivity contribution in [2.24, 2.45) is 11.8 Å². The topological polar surface area (TPSA) is 43.4 Å². The molecule has 1 fully saturated rings. The molecule has 5 heteroatoms. The molecule has 0 radical (unpaired) electrons. The van der Waals surface area contributed by atoms with Crippen LogP contribution < -0.4 is 0 Å². The van der Waals surface area contributed by atoms with Crippen LogP contribution in [0, 0.1) is 11.8 Å². The van der Waals surface area contributed by atoms with Crippen molar-refractivity contribution in [1.29, 1.82) is 0 Å². The van der Waals surface area contributed by atoms with Crippen molar-refractivity contribution < 1.29 is 13.2 Å². The van der Waals surface area contributed by atoms with Gasteiger partial charge in [0.15, 0.2) is 9.84 Å². The van der Waals surface area contributed by atoms with Gasteiger partial charge in [0.05, 0.1) is 24.7 Å². The molecule has 0 aliphatic carbocycles.